The molecule has 0 radical (unpaired) electrons. The molecule has 28 heavy (non-hydrogen) atoms. The molecule has 3 aromatic carbocycles. The van der Waals surface area contributed by atoms with Crippen molar-refractivity contribution in [2.75, 3.05) is 0 Å². The number of thioether (sulfide) groups is 1. The van der Waals surface area contributed by atoms with E-state index in [1.165, 1.54) is 11.8 Å². The number of fused-ring (bicyclic) bond motifs is 1. The van der Waals surface area contributed by atoms with Gasteiger partial charge < -0.3 is 4.74 Å². The van der Waals surface area contributed by atoms with Crippen LogP contribution in [0.5, 0.6) is 0 Å². The van der Waals surface area contributed by atoms with E-state index in [9.17, 15) is 4.79 Å². The van der Waals surface area contributed by atoms with Crippen LogP contribution in [-0.4, -0.2) is 26.2 Å². The fourth-order valence-electron chi connectivity index (χ4n) is 3.30. The molecule has 2 heterocycles. The SMILES string of the molecule is O=C1OC(Sc2nnnn2-c2ccccc2)(c2ccccc2)c2ccccc21. The summed E-state index contributed by atoms with van der Waals surface area (Å²) in [6, 6.07) is 26.7. The quantitative estimate of drug-likeness (QED) is 0.497. The summed E-state index contributed by atoms with van der Waals surface area (Å²) in [6.45, 7) is 0. The predicted molar refractivity (Wildman–Crippen MR) is 104 cm³/mol. The van der Waals surface area contributed by atoms with E-state index < -0.39 is 4.93 Å². The minimum atomic E-state index is -1.06. The number of carbonyl (C=O) groups excluding carboxylic acids is 1. The second kappa shape index (κ2) is 6.61. The van der Waals surface area contributed by atoms with Gasteiger partial charge >= 0.3 is 5.97 Å². The van der Waals surface area contributed by atoms with Gasteiger partial charge in [-0.2, -0.15) is 4.68 Å². The molecule has 1 aromatic heterocycles. The van der Waals surface area contributed by atoms with Gasteiger partial charge in [-0.3, -0.25) is 0 Å². The standard InChI is InChI=1S/C21H14N4O2S/c26-19-17-13-7-8-14-18(17)21(27-19,15-9-3-1-4-10-15)28-20-22-23-24-25(20)16-11-5-2-6-12-16/h1-14H. The van der Waals surface area contributed by atoms with Gasteiger partial charge in [0.2, 0.25) is 10.1 Å². The smallest absolute Gasteiger partial charge is 0.340 e. The van der Waals surface area contributed by atoms with Crippen molar-refractivity contribution in [1.29, 1.82) is 0 Å². The molecule has 0 N–H and O–H groups in total. The summed E-state index contributed by atoms with van der Waals surface area (Å²) in [6.07, 6.45) is 0. The topological polar surface area (TPSA) is 69.9 Å². The van der Waals surface area contributed by atoms with E-state index in [-0.39, 0.29) is 5.97 Å². The van der Waals surface area contributed by atoms with Crippen molar-refractivity contribution >= 4 is 17.7 Å². The molecular formula is C21H14N4O2S. The molecule has 6 nitrogen and oxygen atoms in total. The number of hydrogen-bond donors (Lipinski definition) is 0. The molecule has 1 atom stereocenters. The summed E-state index contributed by atoms with van der Waals surface area (Å²) < 4.78 is 7.63. The molecule has 0 bridgehead atoms. The average molecular weight is 386 g/mol. The normalized spacial score (nSPS) is 17.9. The number of rotatable bonds is 4. The van der Waals surface area contributed by atoms with Crippen LogP contribution in [0.1, 0.15) is 21.5 Å². The monoisotopic (exact) mass is 386 g/mol. The Morgan fingerprint density at radius 2 is 1.54 bits per heavy atom. The summed E-state index contributed by atoms with van der Waals surface area (Å²) >= 11 is 1.31. The molecule has 0 fully saturated rings. The Balaban J connectivity index is 1.68. The van der Waals surface area contributed by atoms with Crippen molar-refractivity contribution in [1.82, 2.24) is 20.2 Å². The van der Waals surface area contributed by atoms with E-state index >= 15 is 0 Å². The first kappa shape index (κ1) is 16.7. The molecule has 1 aliphatic heterocycles. The fourth-order valence-corrected chi connectivity index (χ4v) is 4.52. The molecule has 0 aliphatic carbocycles. The Labute approximate surface area is 165 Å². The lowest BCUT2D eigenvalue weighted by Crippen LogP contribution is -2.24. The number of esters is 1. The maximum absolute atomic E-state index is 12.6. The predicted octanol–water partition coefficient (Wildman–Crippen LogP) is 3.83. The third kappa shape index (κ3) is 2.59. The maximum Gasteiger partial charge on any atom is 0.340 e. The zero-order chi connectivity index (χ0) is 19.0. The lowest BCUT2D eigenvalue weighted by molar-refractivity contribution is 0.0383. The Hall–Kier alpha value is -3.45. The Bertz CT molecular complexity index is 1150. The molecule has 0 amide bonds. The molecule has 1 unspecified atom stereocenters. The van der Waals surface area contributed by atoms with E-state index in [2.05, 4.69) is 15.5 Å². The number of hydrogen-bond acceptors (Lipinski definition) is 6. The fraction of sp³-hybridized carbons (Fsp3) is 0.0476. The average Bonchev–Trinajstić information content (AvgIpc) is 3.33. The number of aromatic nitrogens is 4. The van der Waals surface area contributed by atoms with E-state index in [0.717, 1.165) is 16.8 Å². The Morgan fingerprint density at radius 3 is 2.32 bits per heavy atom. The van der Waals surface area contributed by atoms with E-state index in [1.807, 2.05) is 78.9 Å². The van der Waals surface area contributed by atoms with Gasteiger partial charge in [-0.1, -0.05) is 66.7 Å². The van der Waals surface area contributed by atoms with Crippen molar-refractivity contribution in [2.45, 2.75) is 10.1 Å². The van der Waals surface area contributed by atoms with Crippen LogP contribution in [0.25, 0.3) is 5.69 Å². The number of carbonyl (C=O) groups is 1. The molecule has 0 saturated carbocycles. The maximum atomic E-state index is 12.6. The zero-order valence-corrected chi connectivity index (χ0v) is 15.4. The van der Waals surface area contributed by atoms with Gasteiger partial charge in [-0.15, -0.1) is 5.10 Å². The summed E-state index contributed by atoms with van der Waals surface area (Å²) in [5.74, 6) is -0.356. The summed E-state index contributed by atoms with van der Waals surface area (Å²) in [5, 5.41) is 12.7. The lowest BCUT2D eigenvalue weighted by Gasteiger charge is -2.28. The van der Waals surface area contributed by atoms with Crippen molar-refractivity contribution in [2.24, 2.45) is 0 Å². The van der Waals surface area contributed by atoms with Crippen LogP contribution in [0.4, 0.5) is 0 Å². The van der Waals surface area contributed by atoms with Crippen molar-refractivity contribution < 1.29 is 9.53 Å². The highest BCUT2D eigenvalue weighted by atomic mass is 32.2. The molecule has 4 aromatic rings. The summed E-state index contributed by atoms with van der Waals surface area (Å²) in [7, 11) is 0. The summed E-state index contributed by atoms with van der Waals surface area (Å²) in [5.41, 5.74) is 3.02. The first-order valence-electron chi connectivity index (χ1n) is 8.69. The van der Waals surface area contributed by atoms with Crippen LogP contribution >= 0.6 is 11.8 Å². The molecule has 1 aliphatic rings. The number of tetrazole rings is 1. The van der Waals surface area contributed by atoms with Crippen LogP contribution in [0.3, 0.4) is 0 Å². The van der Waals surface area contributed by atoms with Crippen molar-refractivity contribution in [3.05, 3.63) is 102 Å². The van der Waals surface area contributed by atoms with E-state index in [0.29, 0.717) is 10.7 Å². The van der Waals surface area contributed by atoms with Crippen LogP contribution in [0, 0.1) is 0 Å². The van der Waals surface area contributed by atoms with Crippen molar-refractivity contribution in [3.8, 4) is 5.69 Å². The van der Waals surface area contributed by atoms with Crippen LogP contribution in [0.2, 0.25) is 0 Å². The summed E-state index contributed by atoms with van der Waals surface area (Å²) in [4.78, 5) is 11.6. The van der Waals surface area contributed by atoms with E-state index in [4.69, 9.17) is 4.74 Å². The largest absolute Gasteiger partial charge is 0.435 e. The van der Waals surface area contributed by atoms with Crippen molar-refractivity contribution in [3.63, 3.8) is 0 Å². The third-order valence-electron chi connectivity index (χ3n) is 4.57. The zero-order valence-electron chi connectivity index (χ0n) is 14.6. The first-order valence-corrected chi connectivity index (χ1v) is 9.51. The highest BCUT2D eigenvalue weighted by Crippen LogP contribution is 2.52. The Kier molecular flexibility index (Phi) is 3.95. The van der Waals surface area contributed by atoms with Crippen LogP contribution < -0.4 is 0 Å². The minimum absolute atomic E-state index is 0.356. The van der Waals surface area contributed by atoms with Gasteiger partial charge in [0.1, 0.15) is 0 Å². The Morgan fingerprint density at radius 1 is 0.857 bits per heavy atom. The second-order valence-electron chi connectivity index (χ2n) is 6.23. The van der Waals surface area contributed by atoms with Gasteiger partial charge in [0.05, 0.1) is 11.3 Å². The van der Waals surface area contributed by atoms with Gasteiger partial charge in [-0.25, -0.2) is 4.79 Å². The van der Waals surface area contributed by atoms with Crippen LogP contribution in [0.15, 0.2) is 90.1 Å². The number of nitrogens with zero attached hydrogens (tertiary/aromatic N) is 4. The molecule has 5 rings (SSSR count). The van der Waals surface area contributed by atoms with Gasteiger partial charge in [0.25, 0.3) is 0 Å². The molecular weight excluding hydrogens is 372 g/mol. The van der Waals surface area contributed by atoms with Crippen LogP contribution in [-0.2, 0) is 9.67 Å². The van der Waals surface area contributed by atoms with Gasteiger partial charge in [0, 0.05) is 11.1 Å². The molecule has 0 spiro atoms. The molecule has 7 heteroatoms. The second-order valence-corrected chi connectivity index (χ2v) is 7.37. The number of cyclic esters (lactones) is 1. The third-order valence-corrected chi connectivity index (χ3v) is 5.83. The minimum Gasteiger partial charge on any atom is -0.435 e. The van der Waals surface area contributed by atoms with Gasteiger partial charge in [0.15, 0.2) is 0 Å². The molecule has 0 saturated heterocycles. The molecule has 136 valence electrons. The van der Waals surface area contributed by atoms with Gasteiger partial charge in [-0.05, 0) is 40.4 Å². The number of ether oxygens (including phenoxy) is 1. The number of para-hydroxylation sites is 1. The highest BCUT2D eigenvalue weighted by Gasteiger charge is 2.49. The van der Waals surface area contributed by atoms with E-state index in [1.54, 1.807) is 10.7 Å². The number of benzene rings is 3. The lowest BCUT2D eigenvalue weighted by atomic mass is 9.99. The first-order chi connectivity index (χ1) is 13.8. The highest BCUT2D eigenvalue weighted by molar-refractivity contribution is 8.00.